The van der Waals surface area contributed by atoms with Crippen LogP contribution in [0, 0.1) is 0 Å². The fourth-order valence-corrected chi connectivity index (χ4v) is 3.74. The number of sulfone groups is 1. The van der Waals surface area contributed by atoms with Crippen LogP contribution >= 0.6 is 0 Å². The van der Waals surface area contributed by atoms with E-state index in [0.717, 1.165) is 0 Å². The second-order valence-corrected chi connectivity index (χ2v) is 5.51. The maximum Gasteiger partial charge on any atom is 0.410 e. The maximum absolute atomic E-state index is 11.2. The van der Waals surface area contributed by atoms with Crippen LogP contribution in [0.1, 0.15) is 6.92 Å². The van der Waals surface area contributed by atoms with Crippen molar-refractivity contribution in [2.45, 2.75) is 19.1 Å². The van der Waals surface area contributed by atoms with Crippen molar-refractivity contribution in [3.63, 3.8) is 0 Å². The van der Waals surface area contributed by atoms with Crippen molar-refractivity contribution in [2.24, 2.45) is 0 Å². The maximum atomic E-state index is 11.2. The zero-order valence-electron chi connectivity index (χ0n) is 7.26. The first kappa shape index (κ1) is 8.80. The van der Waals surface area contributed by atoms with Gasteiger partial charge in [-0.1, -0.05) is 0 Å². The normalized spacial score (nSPS) is 36.1. The molecule has 2 saturated heterocycles. The molecule has 0 saturated carbocycles. The van der Waals surface area contributed by atoms with Crippen LogP contribution in [0.4, 0.5) is 4.79 Å². The van der Waals surface area contributed by atoms with E-state index >= 15 is 0 Å². The summed E-state index contributed by atoms with van der Waals surface area (Å²) >= 11 is 0. The molecule has 2 aliphatic heterocycles. The molecule has 0 radical (unpaired) electrons. The molecule has 0 aliphatic carbocycles. The van der Waals surface area contributed by atoms with Gasteiger partial charge >= 0.3 is 6.09 Å². The number of hydrogen-bond donors (Lipinski definition) is 0. The summed E-state index contributed by atoms with van der Waals surface area (Å²) in [4.78, 5) is 12.6. The number of amides is 1. The Morgan fingerprint density at radius 3 is 2.85 bits per heavy atom. The topological polar surface area (TPSA) is 63.7 Å². The lowest BCUT2D eigenvalue weighted by Crippen LogP contribution is -2.36. The number of carbonyl (C=O) groups is 1. The molecule has 0 spiro atoms. The van der Waals surface area contributed by atoms with Crippen LogP contribution in [0.15, 0.2) is 0 Å². The molecule has 2 atom stereocenters. The predicted octanol–water partition coefficient (Wildman–Crippen LogP) is -0.376. The van der Waals surface area contributed by atoms with E-state index in [2.05, 4.69) is 0 Å². The molecular weight excluding hydrogens is 194 g/mol. The molecule has 13 heavy (non-hydrogen) atoms. The van der Waals surface area contributed by atoms with Crippen molar-refractivity contribution < 1.29 is 17.9 Å². The lowest BCUT2D eigenvalue weighted by Gasteiger charge is -2.16. The molecule has 2 rings (SSSR count). The Labute approximate surface area is 76.6 Å². The first-order valence-electron chi connectivity index (χ1n) is 4.21. The molecule has 2 fully saturated rings. The first-order valence-corrected chi connectivity index (χ1v) is 6.03. The molecule has 1 amide bonds. The Kier molecular flexibility index (Phi) is 1.76. The van der Waals surface area contributed by atoms with Gasteiger partial charge in [-0.3, -0.25) is 0 Å². The fourth-order valence-electron chi connectivity index (χ4n) is 1.90. The molecule has 0 aromatic heterocycles. The lowest BCUT2D eigenvalue weighted by molar-refractivity contribution is 0.139. The van der Waals surface area contributed by atoms with E-state index in [4.69, 9.17) is 4.74 Å². The summed E-state index contributed by atoms with van der Waals surface area (Å²) in [6.45, 7) is 2.32. The summed E-state index contributed by atoms with van der Waals surface area (Å²) in [6.07, 6.45) is -0.815. The third kappa shape index (κ3) is 1.29. The number of rotatable bonds is 1. The number of nitrogens with zero attached hydrogens (tertiary/aromatic N) is 1. The van der Waals surface area contributed by atoms with Crippen molar-refractivity contribution in [3.8, 4) is 0 Å². The lowest BCUT2D eigenvalue weighted by atomic mass is 10.2. The highest BCUT2D eigenvalue weighted by Gasteiger charge is 2.50. The van der Waals surface area contributed by atoms with Crippen LogP contribution in [-0.2, 0) is 14.6 Å². The van der Waals surface area contributed by atoms with Gasteiger partial charge in [-0.05, 0) is 6.92 Å². The minimum Gasteiger partial charge on any atom is -0.443 e. The second-order valence-electron chi connectivity index (χ2n) is 3.35. The average molecular weight is 205 g/mol. The highest BCUT2D eigenvalue weighted by atomic mass is 32.2. The molecule has 0 bridgehead atoms. The van der Waals surface area contributed by atoms with Crippen molar-refractivity contribution >= 4 is 15.9 Å². The van der Waals surface area contributed by atoms with E-state index in [1.165, 1.54) is 4.90 Å². The van der Waals surface area contributed by atoms with Gasteiger partial charge in [0.05, 0.1) is 17.5 Å². The summed E-state index contributed by atoms with van der Waals surface area (Å²) < 4.78 is 27.3. The van der Waals surface area contributed by atoms with Crippen LogP contribution < -0.4 is 0 Å². The molecule has 2 heterocycles. The molecule has 5 nitrogen and oxygen atoms in total. The SMILES string of the molecule is CCN1C(=O)O[C@@H]2CS(=O)(=O)C[C@H]21. The van der Waals surface area contributed by atoms with Crippen LogP contribution in [-0.4, -0.2) is 49.6 Å². The van der Waals surface area contributed by atoms with Crippen molar-refractivity contribution in [1.29, 1.82) is 0 Å². The monoisotopic (exact) mass is 205 g/mol. The Morgan fingerprint density at radius 1 is 1.54 bits per heavy atom. The van der Waals surface area contributed by atoms with Gasteiger partial charge in [0.2, 0.25) is 0 Å². The Hall–Kier alpha value is -0.780. The van der Waals surface area contributed by atoms with E-state index in [0.29, 0.717) is 6.54 Å². The number of fused-ring (bicyclic) bond motifs is 1. The zero-order valence-corrected chi connectivity index (χ0v) is 8.08. The number of likely N-dealkylation sites (N-methyl/N-ethyl adjacent to an activating group) is 1. The van der Waals surface area contributed by atoms with Crippen LogP contribution in [0.3, 0.4) is 0 Å². The van der Waals surface area contributed by atoms with Gasteiger partial charge in [-0.2, -0.15) is 0 Å². The zero-order chi connectivity index (χ0) is 9.64. The predicted molar refractivity (Wildman–Crippen MR) is 45.1 cm³/mol. The van der Waals surface area contributed by atoms with Crippen molar-refractivity contribution in [2.75, 3.05) is 18.1 Å². The van der Waals surface area contributed by atoms with Crippen molar-refractivity contribution in [3.05, 3.63) is 0 Å². The summed E-state index contributed by atoms with van der Waals surface area (Å²) in [6, 6.07) is -0.248. The molecule has 0 aromatic rings. The number of carbonyl (C=O) groups excluding carboxylic acids is 1. The standard InChI is InChI=1S/C7H11NO4S/c1-2-8-5-3-13(10,11)4-6(5)12-7(8)9/h5-6H,2-4H2,1H3/t5-,6-/m1/s1. The highest BCUT2D eigenvalue weighted by molar-refractivity contribution is 7.91. The second kappa shape index (κ2) is 2.60. The molecule has 0 unspecified atom stereocenters. The molecule has 0 N–H and O–H groups in total. The Morgan fingerprint density at radius 2 is 2.23 bits per heavy atom. The summed E-state index contributed by atoms with van der Waals surface area (Å²) in [5.74, 6) is 0.0388. The molecule has 74 valence electrons. The van der Waals surface area contributed by atoms with Gasteiger partial charge in [-0.25, -0.2) is 13.2 Å². The van der Waals surface area contributed by atoms with Gasteiger partial charge in [0, 0.05) is 6.54 Å². The van der Waals surface area contributed by atoms with E-state index < -0.39 is 15.9 Å². The van der Waals surface area contributed by atoms with Gasteiger partial charge in [0.25, 0.3) is 0 Å². The van der Waals surface area contributed by atoms with Gasteiger partial charge in [-0.15, -0.1) is 0 Å². The van der Waals surface area contributed by atoms with Gasteiger partial charge in [0.15, 0.2) is 9.84 Å². The van der Waals surface area contributed by atoms with Crippen LogP contribution in [0.25, 0.3) is 0 Å². The smallest absolute Gasteiger partial charge is 0.410 e. The molecular formula is C7H11NO4S. The van der Waals surface area contributed by atoms with E-state index in [1.54, 1.807) is 0 Å². The van der Waals surface area contributed by atoms with E-state index in [-0.39, 0.29) is 23.6 Å². The fraction of sp³-hybridized carbons (Fsp3) is 0.857. The largest absolute Gasteiger partial charge is 0.443 e. The molecule has 6 heteroatoms. The van der Waals surface area contributed by atoms with Crippen LogP contribution in [0.2, 0.25) is 0 Å². The van der Waals surface area contributed by atoms with E-state index in [9.17, 15) is 13.2 Å². The average Bonchev–Trinajstić information content (AvgIpc) is 2.39. The summed E-state index contributed by atoms with van der Waals surface area (Å²) in [5, 5.41) is 0. The summed E-state index contributed by atoms with van der Waals surface area (Å²) in [7, 11) is -2.99. The number of ether oxygens (including phenoxy) is 1. The third-order valence-electron chi connectivity index (χ3n) is 2.50. The first-order chi connectivity index (χ1) is 6.03. The van der Waals surface area contributed by atoms with Crippen molar-refractivity contribution in [1.82, 2.24) is 4.90 Å². The minimum absolute atomic E-state index is 0.0140. The highest BCUT2D eigenvalue weighted by Crippen LogP contribution is 2.27. The van der Waals surface area contributed by atoms with E-state index in [1.807, 2.05) is 6.92 Å². The minimum atomic E-state index is -2.99. The molecule has 0 aromatic carbocycles. The quantitative estimate of drug-likeness (QED) is 0.585. The Bertz CT molecular complexity index is 336. The van der Waals surface area contributed by atoms with Crippen LogP contribution in [0.5, 0.6) is 0 Å². The summed E-state index contributed by atoms with van der Waals surface area (Å²) in [5.41, 5.74) is 0. The number of hydrogen-bond acceptors (Lipinski definition) is 4. The Balaban J connectivity index is 2.24. The van der Waals surface area contributed by atoms with Gasteiger partial charge < -0.3 is 9.64 Å². The molecule has 2 aliphatic rings. The van der Waals surface area contributed by atoms with Gasteiger partial charge in [0.1, 0.15) is 6.10 Å². The third-order valence-corrected chi connectivity index (χ3v) is 4.19.